The molecule has 4 aromatic heterocycles. The van der Waals surface area contributed by atoms with Gasteiger partial charge in [-0.2, -0.15) is 10.5 Å². The quantitative estimate of drug-likeness (QED) is 0.0812. The zero-order chi connectivity index (χ0) is 84.6. The number of pyridine rings is 3. The van der Waals surface area contributed by atoms with Gasteiger partial charge >= 0.3 is 24.1 Å². The van der Waals surface area contributed by atoms with Gasteiger partial charge in [0.1, 0.15) is 41.0 Å². The highest BCUT2D eigenvalue weighted by Gasteiger charge is 2.67. The number of amides is 8. The van der Waals surface area contributed by atoms with Crippen LogP contribution in [0.2, 0.25) is 0 Å². The molecule has 6 aliphatic heterocycles. The van der Waals surface area contributed by atoms with Gasteiger partial charge in [0, 0.05) is 32.7 Å². The fourth-order valence-electron chi connectivity index (χ4n) is 20.8. The van der Waals surface area contributed by atoms with E-state index in [2.05, 4.69) is 172 Å². The molecule has 19 rings (SSSR count). The molecule has 5 saturated carbocycles. The van der Waals surface area contributed by atoms with Crippen LogP contribution in [-0.2, 0) is 26.9 Å². The summed E-state index contributed by atoms with van der Waals surface area (Å²) < 4.78 is 33.3. The minimum Gasteiger partial charge on any atom is -0.378 e. The van der Waals surface area contributed by atoms with Crippen molar-refractivity contribution < 1.29 is 32.7 Å². The highest BCUT2D eigenvalue weighted by molar-refractivity contribution is 5.99. The van der Waals surface area contributed by atoms with Gasteiger partial charge in [-0.25, -0.2) is 52.9 Å². The first-order chi connectivity index (χ1) is 57.4. The van der Waals surface area contributed by atoms with Crippen LogP contribution in [0.3, 0.4) is 0 Å². The van der Waals surface area contributed by atoms with Crippen molar-refractivity contribution in [3.05, 3.63) is 220 Å². The molecule has 0 radical (unpaired) electrons. The van der Waals surface area contributed by atoms with E-state index in [-0.39, 0.29) is 80.1 Å². The minimum absolute atomic E-state index is 0.00739. The Balaban J connectivity index is 0.000000119. The van der Waals surface area contributed by atoms with Crippen molar-refractivity contribution in [1.29, 1.82) is 10.5 Å². The van der Waals surface area contributed by atoms with Crippen LogP contribution in [0.1, 0.15) is 127 Å². The Kier molecular flexibility index (Phi) is 21.8. The molecule has 28 heteroatoms. The Morgan fingerprint density at radius 3 is 1.25 bits per heavy atom. The van der Waals surface area contributed by atoms with Gasteiger partial charge in [-0.3, -0.25) is 39.2 Å². The number of nitrogens with one attached hydrogen (secondary N) is 3. The number of anilines is 6. The molecule has 4 aromatic carbocycles. The molecule has 11 aliphatic rings. The summed E-state index contributed by atoms with van der Waals surface area (Å²) >= 11 is 0. The van der Waals surface area contributed by atoms with Crippen LogP contribution >= 0.6 is 0 Å². The highest BCUT2D eigenvalue weighted by atomic mass is 19.1. The van der Waals surface area contributed by atoms with E-state index >= 15 is 0 Å². The SMILES string of the molecule is Cc1cc(C#N)ncc1N1CC2(CC(c3cccc(F)c3)(N(C)C)C2)N(CC2CC2)C1=O.Cc1cc(C#N)ncc1N1CC2(CC(c3cccc(F)c3)(N(C)C)C2)NC1=O.Cc1cc(N2CCC2)ncc1N1CC2(CC(c3ccccc3)(N(C)C)C2)NC1=O.Cc1nc(N2CCOCC2)ncc1N1CC2(CC(c3ccccc3)(N(C)C)C2)NC1=O. The number of hydrogen-bond donors (Lipinski definition) is 3. The predicted octanol–water partition coefficient (Wildman–Crippen LogP) is 12.2. The molecule has 626 valence electrons. The monoisotopic (exact) mass is 1630 g/mol. The number of nitriles is 2. The van der Waals surface area contributed by atoms with Crippen molar-refractivity contribution in [3.8, 4) is 12.1 Å². The molecule has 11 fully saturated rings. The van der Waals surface area contributed by atoms with Gasteiger partial charge < -0.3 is 35.4 Å². The van der Waals surface area contributed by atoms with Crippen molar-refractivity contribution in [2.75, 3.05) is 158 Å². The van der Waals surface area contributed by atoms with Crippen LogP contribution in [-0.4, -0.2) is 224 Å². The van der Waals surface area contributed by atoms with Crippen molar-refractivity contribution in [2.45, 2.75) is 143 Å². The molecule has 5 aliphatic carbocycles. The lowest BCUT2D eigenvalue weighted by Gasteiger charge is -2.60. The van der Waals surface area contributed by atoms with E-state index in [9.17, 15) is 28.0 Å². The average molecular weight is 1630 g/mol. The van der Waals surface area contributed by atoms with E-state index in [1.165, 1.54) is 42.5 Å². The van der Waals surface area contributed by atoms with Crippen molar-refractivity contribution in [3.63, 3.8) is 0 Å². The molecule has 3 N–H and O–H groups in total. The topological polar surface area (TPSA) is 261 Å². The fourth-order valence-corrected chi connectivity index (χ4v) is 20.8. The zero-order valence-corrected chi connectivity index (χ0v) is 70.9. The highest BCUT2D eigenvalue weighted by Crippen LogP contribution is 2.60. The number of halogens is 2. The molecule has 6 saturated heterocycles. The Labute approximate surface area is 702 Å². The van der Waals surface area contributed by atoms with E-state index in [0.29, 0.717) is 81.2 Å². The van der Waals surface area contributed by atoms with Crippen LogP contribution in [0.15, 0.2) is 152 Å². The van der Waals surface area contributed by atoms with Crippen molar-refractivity contribution in [2.24, 2.45) is 5.92 Å². The molecule has 0 bridgehead atoms. The van der Waals surface area contributed by atoms with Gasteiger partial charge in [0.15, 0.2) is 0 Å². The molecule has 26 nitrogen and oxygen atoms in total. The lowest BCUT2D eigenvalue weighted by atomic mass is 9.58. The molecule has 0 atom stereocenters. The second-order valence-electron chi connectivity index (χ2n) is 36.3. The lowest BCUT2D eigenvalue weighted by Crippen LogP contribution is -2.67. The number of rotatable bonds is 16. The van der Waals surface area contributed by atoms with Crippen molar-refractivity contribution in [1.82, 2.24) is 65.4 Å². The lowest BCUT2D eigenvalue weighted by molar-refractivity contribution is -0.0681. The van der Waals surface area contributed by atoms with E-state index in [0.717, 1.165) is 128 Å². The maximum atomic E-state index is 14.1. The van der Waals surface area contributed by atoms with E-state index < -0.39 is 0 Å². The summed E-state index contributed by atoms with van der Waals surface area (Å²) in [6.07, 6.45) is 16.9. The smallest absolute Gasteiger partial charge is 0.325 e. The number of morpholine rings is 1. The number of aryl methyl sites for hydroxylation is 4. The zero-order valence-electron chi connectivity index (χ0n) is 70.9. The molecule has 0 unspecified atom stereocenters. The summed E-state index contributed by atoms with van der Waals surface area (Å²) in [7, 11) is 16.6. The first kappa shape index (κ1) is 82.4. The number of benzene rings is 4. The Morgan fingerprint density at radius 2 is 0.858 bits per heavy atom. The summed E-state index contributed by atoms with van der Waals surface area (Å²) in [4.78, 5) is 97.0. The molecule has 10 heterocycles. The predicted molar refractivity (Wildman–Crippen MR) is 458 cm³/mol. The Bertz CT molecular complexity index is 5310. The summed E-state index contributed by atoms with van der Waals surface area (Å²) in [6.45, 7) is 16.1. The van der Waals surface area contributed by atoms with Gasteiger partial charge in [-0.05, 0) is 242 Å². The van der Waals surface area contributed by atoms with Crippen LogP contribution in [0.25, 0.3) is 0 Å². The number of aromatic nitrogens is 5. The molecular weight excluding hydrogens is 1520 g/mol. The second kappa shape index (κ2) is 31.7. The van der Waals surface area contributed by atoms with E-state index in [1.807, 2.05) is 94.1 Å². The minimum atomic E-state index is -0.367. The third-order valence-corrected chi connectivity index (χ3v) is 27.7. The largest absolute Gasteiger partial charge is 0.378 e. The molecular formula is C92H109F2N21O5. The van der Waals surface area contributed by atoms with Crippen LogP contribution in [0.4, 0.5) is 62.5 Å². The summed E-state index contributed by atoms with van der Waals surface area (Å²) in [6, 6.07) is 44.2. The normalized spacial score (nSPS) is 27.6. The third kappa shape index (κ3) is 14.9. The van der Waals surface area contributed by atoms with Crippen LogP contribution in [0, 0.1) is 67.9 Å². The third-order valence-electron chi connectivity index (χ3n) is 27.7. The number of carbonyl (C=O) groups excluding carboxylic acids is 4. The van der Waals surface area contributed by atoms with Crippen molar-refractivity contribution >= 4 is 58.6 Å². The summed E-state index contributed by atoms with van der Waals surface area (Å²) in [5, 5.41) is 27.9. The standard InChI is InChI=1S/C25H28FN5O.C23H30N6O2.C23H29N5O.C21H22FN5O/c1-17-9-21(11-27)28-12-22(17)30-16-24(31(23(30)32)13-18-7-8-18)14-25(15-24,29(2)3)19-5-4-6-20(26)10-19;1-17-19(13-24-20(25-17)28-9-11-31-12-10-28)29-16-22(26-21(29)30)14-23(15-22,27(2)3)18-7-5-4-6-8-18;1-17-12-20(27-10-7-11-27)24-13-19(17)28-16-22(25-21(28)29)14-23(15-22,26(2)3)18-8-5-4-6-9-18;1-14-7-17(9-23)24-10-18(14)27-13-20(25-19(27)28)11-21(12-20,26(2)3)15-5-4-6-16(22)8-15/h4-6,9-10,12,18H,7-8,13-16H2,1-3H3;4-8,13H,9-12,14-16H2,1-3H3,(H,26,30);4-6,8-9,12-13H,7,10-11,14-16H2,1-3H3,(H,25,29);4-8,10H,11-13H2,1-3H3,(H,25,28). The van der Waals surface area contributed by atoms with E-state index in [4.69, 9.17) is 20.2 Å². The van der Waals surface area contributed by atoms with Gasteiger partial charge in [0.2, 0.25) is 5.95 Å². The first-order valence-corrected chi connectivity index (χ1v) is 41.7. The van der Waals surface area contributed by atoms with Gasteiger partial charge in [0.25, 0.3) is 0 Å². The number of hydrogen-bond acceptors (Lipinski definition) is 18. The second-order valence-corrected chi connectivity index (χ2v) is 36.3. The maximum absolute atomic E-state index is 14.1. The van der Waals surface area contributed by atoms with Gasteiger partial charge in [0.05, 0.1) is 137 Å². The summed E-state index contributed by atoms with van der Waals surface area (Å²) in [5.41, 5.74) is 10.2. The molecule has 120 heavy (non-hydrogen) atoms. The number of carbonyl (C=O) groups is 4. The molecule has 8 aromatic rings. The Morgan fingerprint density at radius 1 is 0.458 bits per heavy atom. The first-order valence-electron chi connectivity index (χ1n) is 41.7. The van der Waals surface area contributed by atoms with Crippen LogP contribution < -0.4 is 45.3 Å². The van der Waals surface area contributed by atoms with E-state index in [1.54, 1.807) is 59.9 Å². The number of ether oxygens (including phenoxy) is 1. The summed E-state index contributed by atoms with van der Waals surface area (Å²) in [5.74, 6) is 1.81. The number of nitrogens with zero attached hydrogens (tertiary/aromatic N) is 18. The molecule has 8 amide bonds. The number of urea groups is 4. The average Bonchev–Trinajstić information content (AvgIpc) is 0.787. The van der Waals surface area contributed by atoms with Gasteiger partial charge in [-0.1, -0.05) is 84.9 Å². The van der Waals surface area contributed by atoms with Crippen LogP contribution in [0.5, 0.6) is 0 Å². The maximum Gasteiger partial charge on any atom is 0.325 e. The Hall–Kier alpha value is -11.3. The van der Waals surface area contributed by atoms with Gasteiger partial charge in [-0.15, -0.1) is 0 Å². The molecule has 4 spiro atoms. The fraction of sp³-hybridized carbons (Fsp3) is 0.467.